The molecule has 2 atom stereocenters. The minimum Gasteiger partial charge on any atom is -0.481 e. The third-order valence-electron chi connectivity index (χ3n) is 6.39. The van der Waals surface area contributed by atoms with Gasteiger partial charge in [0.05, 0.1) is 12.1 Å². The van der Waals surface area contributed by atoms with E-state index < -0.39 is 23.5 Å². The lowest BCUT2D eigenvalue weighted by Crippen LogP contribution is -2.51. The molecule has 4 rings (SSSR count). The second kappa shape index (κ2) is 9.54. The molecule has 2 unspecified atom stereocenters. The minimum atomic E-state index is -0.856. The molecule has 0 aromatic carbocycles. The summed E-state index contributed by atoms with van der Waals surface area (Å²) >= 11 is 0. The molecule has 0 radical (unpaired) electrons. The standard InChI is InChI=1S/C24H29F2N3O2/c1-5-16(25)11-18(13(3)4)17(6-2)22-27-12-19(26)23(29-22)28-21-15-9-7-14(8-10-15)20(21)24(30)31/h5-6,11-12,14-15,20-21H,3,7-10H2,1-2,4H3,(H,30,31)(H,27,28,29). The number of hydrogen-bond acceptors (Lipinski definition) is 4. The smallest absolute Gasteiger partial charge is 0.308 e. The molecular formula is C24H29F2N3O2. The zero-order valence-electron chi connectivity index (χ0n) is 18.2. The number of anilines is 1. The average molecular weight is 430 g/mol. The van der Waals surface area contributed by atoms with Gasteiger partial charge in [-0.3, -0.25) is 4.79 Å². The first-order chi connectivity index (χ1) is 14.8. The van der Waals surface area contributed by atoms with Crippen LogP contribution in [-0.4, -0.2) is 27.1 Å². The van der Waals surface area contributed by atoms with Gasteiger partial charge < -0.3 is 10.4 Å². The van der Waals surface area contributed by atoms with E-state index in [0.29, 0.717) is 16.7 Å². The maximum Gasteiger partial charge on any atom is 0.308 e. The van der Waals surface area contributed by atoms with Crippen LogP contribution in [0.4, 0.5) is 14.6 Å². The number of halogens is 2. The summed E-state index contributed by atoms with van der Waals surface area (Å²) in [6.07, 6.45) is 9.10. The molecule has 3 saturated carbocycles. The van der Waals surface area contributed by atoms with Crippen molar-refractivity contribution in [3.8, 4) is 0 Å². The van der Waals surface area contributed by atoms with Crippen LogP contribution in [0.15, 0.2) is 48.0 Å². The third-order valence-corrected chi connectivity index (χ3v) is 6.39. The summed E-state index contributed by atoms with van der Waals surface area (Å²) in [7, 11) is 0. The molecule has 0 aliphatic heterocycles. The minimum absolute atomic E-state index is 0.0271. The summed E-state index contributed by atoms with van der Waals surface area (Å²) in [6, 6.07) is -0.382. The molecule has 0 saturated heterocycles. The van der Waals surface area contributed by atoms with Crippen LogP contribution in [0, 0.1) is 23.6 Å². The number of carboxylic acids is 1. The number of fused-ring (bicyclic) bond motifs is 3. The summed E-state index contributed by atoms with van der Waals surface area (Å²) in [5, 5.41) is 12.9. The van der Waals surface area contributed by atoms with Crippen molar-refractivity contribution in [3.63, 3.8) is 0 Å². The van der Waals surface area contributed by atoms with Crippen molar-refractivity contribution in [2.45, 2.75) is 52.5 Å². The van der Waals surface area contributed by atoms with Gasteiger partial charge in [-0.25, -0.2) is 18.7 Å². The number of carbonyl (C=O) groups is 1. The predicted octanol–water partition coefficient (Wildman–Crippen LogP) is 5.70. The van der Waals surface area contributed by atoms with Gasteiger partial charge in [-0.15, -0.1) is 0 Å². The summed E-state index contributed by atoms with van der Waals surface area (Å²) < 4.78 is 28.6. The molecule has 2 bridgehead atoms. The Bertz CT molecular complexity index is 960. The van der Waals surface area contributed by atoms with E-state index in [9.17, 15) is 18.7 Å². The largest absolute Gasteiger partial charge is 0.481 e. The first kappa shape index (κ1) is 22.8. The molecule has 0 spiro atoms. The molecule has 1 aromatic heterocycles. The first-order valence-electron chi connectivity index (χ1n) is 10.6. The van der Waals surface area contributed by atoms with Crippen LogP contribution in [0.5, 0.6) is 0 Å². The summed E-state index contributed by atoms with van der Waals surface area (Å²) in [6.45, 7) is 9.01. The Labute approximate surface area is 181 Å². The van der Waals surface area contributed by atoms with Gasteiger partial charge in [-0.05, 0) is 69.9 Å². The molecule has 0 amide bonds. The number of nitrogens with one attached hydrogen (secondary N) is 1. The fraction of sp³-hybridized carbons (Fsp3) is 0.458. The van der Waals surface area contributed by atoms with Crippen molar-refractivity contribution >= 4 is 17.4 Å². The molecule has 1 heterocycles. The second-order valence-corrected chi connectivity index (χ2v) is 8.31. The van der Waals surface area contributed by atoms with Crippen LogP contribution < -0.4 is 5.32 Å². The molecule has 31 heavy (non-hydrogen) atoms. The fourth-order valence-electron chi connectivity index (χ4n) is 4.83. The first-order valence-corrected chi connectivity index (χ1v) is 10.6. The van der Waals surface area contributed by atoms with Gasteiger partial charge in [0.2, 0.25) is 0 Å². The molecule has 7 heteroatoms. The monoisotopic (exact) mass is 429 g/mol. The van der Waals surface area contributed by atoms with E-state index in [0.717, 1.165) is 31.9 Å². The predicted molar refractivity (Wildman–Crippen MR) is 117 cm³/mol. The van der Waals surface area contributed by atoms with Crippen LogP contribution in [0.2, 0.25) is 0 Å². The van der Waals surface area contributed by atoms with Crippen LogP contribution in [0.1, 0.15) is 52.3 Å². The van der Waals surface area contributed by atoms with Crippen molar-refractivity contribution < 1.29 is 18.7 Å². The van der Waals surface area contributed by atoms with Crippen LogP contribution in [0.25, 0.3) is 5.57 Å². The Balaban J connectivity index is 1.97. The quantitative estimate of drug-likeness (QED) is 0.544. The highest BCUT2D eigenvalue weighted by atomic mass is 19.1. The number of hydrogen-bond donors (Lipinski definition) is 2. The highest BCUT2D eigenvalue weighted by Crippen LogP contribution is 2.46. The van der Waals surface area contributed by atoms with E-state index in [4.69, 9.17) is 0 Å². The molecule has 1 aromatic rings. The molecule has 3 aliphatic carbocycles. The lowest BCUT2D eigenvalue weighted by Gasteiger charge is -2.47. The van der Waals surface area contributed by atoms with Crippen molar-refractivity contribution in [2.24, 2.45) is 17.8 Å². The topological polar surface area (TPSA) is 75.1 Å². The van der Waals surface area contributed by atoms with Gasteiger partial charge in [0.15, 0.2) is 17.5 Å². The van der Waals surface area contributed by atoms with Gasteiger partial charge in [0.25, 0.3) is 0 Å². The van der Waals surface area contributed by atoms with Crippen molar-refractivity contribution in [3.05, 3.63) is 59.6 Å². The second-order valence-electron chi connectivity index (χ2n) is 8.31. The number of aliphatic carboxylic acids is 1. The molecule has 3 aliphatic rings. The van der Waals surface area contributed by atoms with Gasteiger partial charge in [0, 0.05) is 11.6 Å². The third kappa shape index (κ3) is 4.75. The van der Waals surface area contributed by atoms with E-state index in [-0.39, 0.29) is 29.5 Å². The van der Waals surface area contributed by atoms with E-state index in [1.165, 1.54) is 12.2 Å². The Kier molecular flexibility index (Phi) is 7.03. The summed E-state index contributed by atoms with van der Waals surface area (Å²) in [5.41, 5.74) is 1.64. The Hall–Kier alpha value is -2.83. The highest BCUT2D eigenvalue weighted by molar-refractivity contribution is 5.81. The van der Waals surface area contributed by atoms with Gasteiger partial charge >= 0.3 is 5.97 Å². The summed E-state index contributed by atoms with van der Waals surface area (Å²) in [5.74, 6) is -2.05. The Morgan fingerprint density at radius 1 is 1.23 bits per heavy atom. The Morgan fingerprint density at radius 2 is 1.87 bits per heavy atom. The van der Waals surface area contributed by atoms with E-state index >= 15 is 0 Å². The maximum absolute atomic E-state index is 14.6. The molecular weight excluding hydrogens is 400 g/mol. The van der Waals surface area contributed by atoms with Gasteiger partial charge in [-0.1, -0.05) is 24.3 Å². The maximum atomic E-state index is 14.6. The van der Waals surface area contributed by atoms with Crippen LogP contribution in [-0.2, 0) is 4.79 Å². The number of carboxylic acid groups (broad SMARTS) is 1. The lowest BCUT2D eigenvalue weighted by atomic mass is 9.61. The normalized spacial score (nSPS) is 26.7. The summed E-state index contributed by atoms with van der Waals surface area (Å²) in [4.78, 5) is 20.4. The zero-order valence-corrected chi connectivity index (χ0v) is 18.2. The number of allylic oxidation sites excluding steroid dienone is 7. The highest BCUT2D eigenvalue weighted by Gasteiger charge is 2.47. The van der Waals surface area contributed by atoms with E-state index in [1.807, 2.05) is 0 Å². The molecule has 3 fully saturated rings. The van der Waals surface area contributed by atoms with E-state index in [1.54, 1.807) is 26.8 Å². The van der Waals surface area contributed by atoms with Crippen molar-refractivity contribution in [1.29, 1.82) is 0 Å². The zero-order chi connectivity index (χ0) is 22.7. The number of aromatic nitrogens is 2. The molecule has 2 N–H and O–H groups in total. The van der Waals surface area contributed by atoms with Crippen LogP contribution >= 0.6 is 0 Å². The van der Waals surface area contributed by atoms with Crippen molar-refractivity contribution in [1.82, 2.24) is 9.97 Å². The molecule has 166 valence electrons. The average Bonchev–Trinajstić information content (AvgIpc) is 2.75. The van der Waals surface area contributed by atoms with Gasteiger partial charge in [-0.2, -0.15) is 0 Å². The fourth-order valence-corrected chi connectivity index (χ4v) is 4.83. The number of rotatable bonds is 7. The van der Waals surface area contributed by atoms with E-state index in [2.05, 4.69) is 21.9 Å². The SMILES string of the molecule is C=C(C)C(=CC(F)=CC)C(=CC)c1ncc(F)c(NC2C3CCC(CC3)C2C(=O)O)n1. The van der Waals surface area contributed by atoms with Gasteiger partial charge in [0.1, 0.15) is 5.83 Å². The van der Waals surface area contributed by atoms with Crippen LogP contribution in [0.3, 0.4) is 0 Å². The number of nitrogens with zero attached hydrogens (tertiary/aromatic N) is 2. The Morgan fingerprint density at radius 3 is 2.42 bits per heavy atom. The van der Waals surface area contributed by atoms with Crippen molar-refractivity contribution in [2.75, 3.05) is 5.32 Å². The lowest BCUT2D eigenvalue weighted by molar-refractivity contribution is -0.148. The molecule has 5 nitrogen and oxygen atoms in total.